The largest absolute Gasteiger partial charge is 0.497 e. The van der Waals surface area contributed by atoms with Crippen LogP contribution in [0, 0.1) is 5.82 Å². The first-order valence-corrected chi connectivity index (χ1v) is 12.1. The van der Waals surface area contributed by atoms with Gasteiger partial charge in [-0.25, -0.2) is 12.8 Å². The van der Waals surface area contributed by atoms with Gasteiger partial charge in [0, 0.05) is 19.6 Å². The Morgan fingerprint density at radius 3 is 2.64 bits per heavy atom. The van der Waals surface area contributed by atoms with Crippen LogP contribution in [-0.2, 0) is 26.1 Å². The molecule has 0 atom stereocenters. The van der Waals surface area contributed by atoms with Crippen LogP contribution in [0.15, 0.2) is 65.2 Å². The van der Waals surface area contributed by atoms with Crippen molar-refractivity contribution in [2.45, 2.75) is 29.8 Å². The number of nitrogens with one attached hydrogen (secondary N) is 2. The Bertz CT molecular complexity index is 1140. The maximum Gasteiger partial charge on any atom is 0.269 e. The van der Waals surface area contributed by atoms with E-state index in [1.807, 2.05) is 24.3 Å². The molecule has 1 fully saturated rings. The van der Waals surface area contributed by atoms with Crippen LogP contribution in [-0.4, -0.2) is 51.0 Å². The number of amides is 1. The minimum absolute atomic E-state index is 0.0527. The fourth-order valence-corrected chi connectivity index (χ4v) is 5.38. The van der Waals surface area contributed by atoms with Gasteiger partial charge in [0.1, 0.15) is 22.9 Å². The molecule has 1 spiro atoms. The summed E-state index contributed by atoms with van der Waals surface area (Å²) in [4.78, 5) is 18.3. The van der Waals surface area contributed by atoms with Gasteiger partial charge >= 0.3 is 0 Å². The topological polar surface area (TPSA) is 97.0 Å². The zero-order valence-electron chi connectivity index (χ0n) is 18.2. The number of rotatable bonds is 7. The molecule has 2 heterocycles. The van der Waals surface area contributed by atoms with Crippen molar-refractivity contribution in [3.05, 3.63) is 71.7 Å². The van der Waals surface area contributed by atoms with E-state index in [0.717, 1.165) is 23.4 Å². The lowest BCUT2D eigenvalue weighted by atomic mass is 9.92. The number of methoxy groups -OCH3 is 1. The van der Waals surface area contributed by atoms with Crippen molar-refractivity contribution < 1.29 is 27.2 Å². The molecule has 33 heavy (non-hydrogen) atoms. The first-order valence-electron chi connectivity index (χ1n) is 10.7. The van der Waals surface area contributed by atoms with Crippen LogP contribution >= 0.6 is 0 Å². The summed E-state index contributed by atoms with van der Waals surface area (Å²) in [6, 6.07) is 12.4. The minimum atomic E-state index is -3.72. The molecule has 0 aliphatic carbocycles. The molecule has 2 aliphatic heterocycles. The van der Waals surface area contributed by atoms with Gasteiger partial charge in [0.2, 0.25) is 10.0 Å². The van der Waals surface area contributed by atoms with Gasteiger partial charge < -0.3 is 10.1 Å². The molecule has 2 aromatic carbocycles. The van der Waals surface area contributed by atoms with Gasteiger partial charge in [-0.3, -0.25) is 15.1 Å². The van der Waals surface area contributed by atoms with Gasteiger partial charge in [-0.1, -0.05) is 12.1 Å². The number of piperidine rings is 1. The van der Waals surface area contributed by atoms with Crippen LogP contribution in [0.4, 0.5) is 4.39 Å². The highest BCUT2D eigenvalue weighted by atomic mass is 32.2. The molecule has 1 saturated heterocycles. The van der Waals surface area contributed by atoms with Crippen LogP contribution in [0.1, 0.15) is 18.4 Å². The SMILES string of the molecule is COc1cccc(CCNC(=O)C2=CC3(CCN(S(=O)(=O)c4ccc(F)cc4)CC3)ON2)c1. The number of sulfonamides is 1. The normalized spacial score (nSPS) is 17.9. The van der Waals surface area contributed by atoms with Crippen LogP contribution < -0.4 is 15.5 Å². The van der Waals surface area contributed by atoms with E-state index in [0.29, 0.717) is 31.5 Å². The van der Waals surface area contributed by atoms with Crippen molar-refractivity contribution in [3.8, 4) is 5.75 Å². The standard InChI is InChI=1S/C23H26FN3O5S/c1-31-19-4-2-3-17(15-19)9-12-25-22(28)21-16-23(32-26-21)10-13-27(14-11-23)33(29,30)20-7-5-18(24)6-8-20/h2-8,15-16,26H,9-14H2,1H3,(H,25,28). The monoisotopic (exact) mass is 475 g/mol. The highest BCUT2D eigenvalue weighted by molar-refractivity contribution is 7.89. The minimum Gasteiger partial charge on any atom is -0.497 e. The molecule has 0 unspecified atom stereocenters. The molecular weight excluding hydrogens is 449 g/mol. The smallest absolute Gasteiger partial charge is 0.269 e. The number of ether oxygens (including phenoxy) is 1. The Morgan fingerprint density at radius 2 is 1.94 bits per heavy atom. The zero-order chi connectivity index (χ0) is 23.5. The number of carbonyl (C=O) groups is 1. The molecule has 8 nitrogen and oxygen atoms in total. The number of carbonyl (C=O) groups excluding carboxylic acids is 1. The van der Waals surface area contributed by atoms with Crippen molar-refractivity contribution >= 4 is 15.9 Å². The maximum atomic E-state index is 13.1. The summed E-state index contributed by atoms with van der Waals surface area (Å²) < 4.78 is 45.3. The van der Waals surface area contributed by atoms with Crippen molar-refractivity contribution in [2.24, 2.45) is 0 Å². The number of hydrogen-bond acceptors (Lipinski definition) is 6. The summed E-state index contributed by atoms with van der Waals surface area (Å²) in [6.07, 6.45) is 3.16. The molecule has 0 saturated carbocycles. The molecule has 2 aliphatic rings. The molecule has 2 aromatic rings. The summed E-state index contributed by atoms with van der Waals surface area (Å²) in [7, 11) is -2.11. The Labute approximate surface area is 192 Å². The number of hydroxylamine groups is 1. The van der Waals surface area contributed by atoms with Gasteiger partial charge in [-0.2, -0.15) is 4.31 Å². The second kappa shape index (κ2) is 9.50. The quantitative estimate of drug-likeness (QED) is 0.637. The lowest BCUT2D eigenvalue weighted by Crippen LogP contribution is -2.46. The van der Waals surface area contributed by atoms with Gasteiger partial charge in [-0.05, 0) is 67.3 Å². The first kappa shape index (κ1) is 23.2. The number of hydrogen-bond donors (Lipinski definition) is 2. The van der Waals surface area contributed by atoms with Gasteiger partial charge in [0.25, 0.3) is 5.91 Å². The van der Waals surface area contributed by atoms with Crippen molar-refractivity contribution in [3.63, 3.8) is 0 Å². The Hall–Kier alpha value is -2.95. The summed E-state index contributed by atoms with van der Waals surface area (Å²) in [5, 5.41) is 2.86. The number of halogens is 1. The van der Waals surface area contributed by atoms with Crippen molar-refractivity contribution in [1.29, 1.82) is 0 Å². The fraction of sp³-hybridized carbons (Fsp3) is 0.348. The highest BCUT2D eigenvalue weighted by Gasteiger charge is 2.42. The first-order chi connectivity index (χ1) is 15.8. The molecule has 0 radical (unpaired) electrons. The highest BCUT2D eigenvalue weighted by Crippen LogP contribution is 2.34. The molecule has 0 bridgehead atoms. The van der Waals surface area contributed by atoms with Crippen molar-refractivity contribution in [1.82, 2.24) is 15.1 Å². The van der Waals surface area contributed by atoms with Gasteiger partial charge in [0.15, 0.2) is 0 Å². The fourth-order valence-electron chi connectivity index (χ4n) is 3.94. The van der Waals surface area contributed by atoms with E-state index in [9.17, 15) is 17.6 Å². The average Bonchev–Trinajstić information content (AvgIpc) is 3.23. The lowest BCUT2D eigenvalue weighted by molar-refractivity contribution is -0.120. The predicted molar refractivity (Wildman–Crippen MR) is 119 cm³/mol. The summed E-state index contributed by atoms with van der Waals surface area (Å²) in [5.74, 6) is -0.00493. The average molecular weight is 476 g/mol. The summed E-state index contributed by atoms with van der Waals surface area (Å²) in [5.41, 5.74) is 3.31. The summed E-state index contributed by atoms with van der Waals surface area (Å²) in [6.45, 7) is 0.896. The Kier molecular flexibility index (Phi) is 6.68. The van der Waals surface area contributed by atoms with E-state index in [-0.39, 0.29) is 23.9 Å². The van der Waals surface area contributed by atoms with E-state index in [1.54, 1.807) is 13.2 Å². The second-order valence-corrected chi connectivity index (χ2v) is 9.98. The second-order valence-electron chi connectivity index (χ2n) is 8.04. The summed E-state index contributed by atoms with van der Waals surface area (Å²) >= 11 is 0. The number of nitrogens with zero attached hydrogens (tertiary/aromatic N) is 1. The van der Waals surface area contributed by atoms with Crippen LogP contribution in [0.3, 0.4) is 0 Å². The van der Waals surface area contributed by atoms with Gasteiger partial charge in [-0.15, -0.1) is 0 Å². The van der Waals surface area contributed by atoms with E-state index >= 15 is 0 Å². The molecule has 2 N–H and O–H groups in total. The van der Waals surface area contributed by atoms with E-state index < -0.39 is 21.4 Å². The van der Waals surface area contributed by atoms with Crippen LogP contribution in [0.25, 0.3) is 0 Å². The third-order valence-corrected chi connectivity index (χ3v) is 7.78. The molecule has 10 heteroatoms. The third kappa shape index (κ3) is 5.18. The Morgan fingerprint density at radius 1 is 1.21 bits per heavy atom. The zero-order valence-corrected chi connectivity index (χ0v) is 19.0. The molecule has 176 valence electrons. The molecule has 1 amide bonds. The van der Waals surface area contributed by atoms with E-state index in [2.05, 4.69) is 10.8 Å². The maximum absolute atomic E-state index is 13.1. The molecule has 0 aromatic heterocycles. The van der Waals surface area contributed by atoms with Crippen LogP contribution in [0.2, 0.25) is 0 Å². The predicted octanol–water partition coefficient (Wildman–Crippen LogP) is 2.14. The lowest BCUT2D eigenvalue weighted by Gasteiger charge is -2.35. The van der Waals surface area contributed by atoms with Crippen LogP contribution in [0.5, 0.6) is 5.75 Å². The van der Waals surface area contributed by atoms with Gasteiger partial charge in [0.05, 0.1) is 12.0 Å². The third-order valence-electron chi connectivity index (χ3n) is 5.87. The number of benzene rings is 2. The molecular formula is C23H26FN3O5S. The Balaban J connectivity index is 1.32. The molecule has 4 rings (SSSR count). The van der Waals surface area contributed by atoms with Crippen molar-refractivity contribution in [2.75, 3.05) is 26.7 Å². The van der Waals surface area contributed by atoms with E-state index in [4.69, 9.17) is 9.57 Å². The van der Waals surface area contributed by atoms with E-state index in [1.165, 1.54) is 16.4 Å².